The maximum Gasteiger partial charge on any atom is 0.154 e. The van der Waals surface area contributed by atoms with Gasteiger partial charge in [-0.25, -0.2) is 9.97 Å². The Morgan fingerprint density at radius 2 is 2.17 bits per heavy atom. The monoisotopic (exact) mass is 329 g/mol. The van der Waals surface area contributed by atoms with Gasteiger partial charge in [0.15, 0.2) is 5.82 Å². The predicted octanol–water partition coefficient (Wildman–Crippen LogP) is 3.11. The topological polar surface area (TPSA) is 78.0 Å². The van der Waals surface area contributed by atoms with E-state index in [9.17, 15) is 0 Å². The summed E-state index contributed by atoms with van der Waals surface area (Å²) in [5.41, 5.74) is 2.76. The van der Waals surface area contributed by atoms with Crippen LogP contribution in [0.3, 0.4) is 0 Å². The van der Waals surface area contributed by atoms with Crippen molar-refractivity contribution in [3.8, 4) is 0 Å². The van der Waals surface area contributed by atoms with Gasteiger partial charge in [-0.3, -0.25) is 0 Å². The second-order valence-electron chi connectivity index (χ2n) is 6.08. The zero-order chi connectivity index (χ0) is 17.1. The second-order valence-corrected chi connectivity index (χ2v) is 6.08. The summed E-state index contributed by atoms with van der Waals surface area (Å²) in [5.74, 6) is 2.75. The van der Waals surface area contributed by atoms with Crippen LogP contribution in [0.15, 0.2) is 22.9 Å². The van der Waals surface area contributed by atoms with Crippen LogP contribution in [0.5, 0.6) is 0 Å². The summed E-state index contributed by atoms with van der Waals surface area (Å²) in [6.45, 7) is 8.00. The van der Waals surface area contributed by atoms with Crippen molar-refractivity contribution in [2.75, 3.05) is 19.0 Å². The molecule has 0 unspecified atom stereocenters. The first-order chi connectivity index (χ1) is 11.6. The van der Waals surface area contributed by atoms with Gasteiger partial charge in [0, 0.05) is 31.8 Å². The Balaban J connectivity index is 1.85. The van der Waals surface area contributed by atoms with Gasteiger partial charge in [0.05, 0.1) is 18.7 Å². The van der Waals surface area contributed by atoms with Gasteiger partial charge >= 0.3 is 0 Å². The quantitative estimate of drug-likeness (QED) is 0.717. The van der Waals surface area contributed by atoms with Crippen LogP contribution in [0.25, 0.3) is 11.0 Å². The number of aryl methyl sites for hydroxylation is 1. The number of rotatable bonds is 7. The lowest BCUT2D eigenvalue weighted by molar-refractivity contribution is 0.188. The van der Waals surface area contributed by atoms with Crippen molar-refractivity contribution in [1.29, 1.82) is 0 Å². The molecule has 0 aromatic carbocycles. The largest absolute Gasteiger partial charge is 0.383 e. The summed E-state index contributed by atoms with van der Waals surface area (Å²) in [5, 5.41) is 7.47. The predicted molar refractivity (Wildman–Crippen MR) is 92.1 cm³/mol. The van der Waals surface area contributed by atoms with Crippen molar-refractivity contribution >= 4 is 16.9 Å². The van der Waals surface area contributed by atoms with Crippen molar-refractivity contribution < 1.29 is 9.26 Å². The van der Waals surface area contributed by atoms with Crippen molar-refractivity contribution in [3.63, 3.8) is 0 Å². The average Bonchev–Trinajstić information content (AvgIpc) is 3.17. The van der Waals surface area contributed by atoms with Crippen molar-refractivity contribution in [1.82, 2.24) is 19.7 Å². The van der Waals surface area contributed by atoms with Crippen LogP contribution >= 0.6 is 0 Å². The molecule has 0 saturated carbocycles. The lowest BCUT2D eigenvalue weighted by atomic mass is 10.1. The first-order valence-corrected chi connectivity index (χ1v) is 8.10. The van der Waals surface area contributed by atoms with Gasteiger partial charge in [-0.1, -0.05) is 19.0 Å². The Morgan fingerprint density at radius 3 is 2.88 bits per heavy atom. The van der Waals surface area contributed by atoms with Crippen LogP contribution in [0, 0.1) is 6.92 Å². The minimum atomic E-state index is 0.325. The summed E-state index contributed by atoms with van der Waals surface area (Å²) in [4.78, 5) is 9.06. The minimum absolute atomic E-state index is 0.325. The van der Waals surface area contributed by atoms with E-state index in [1.165, 1.54) is 0 Å². The molecular formula is C17H23N5O2. The van der Waals surface area contributed by atoms with Gasteiger partial charge in [0.2, 0.25) is 0 Å². The molecule has 0 bridgehead atoms. The molecule has 0 aliphatic carbocycles. The minimum Gasteiger partial charge on any atom is -0.383 e. The molecule has 0 amide bonds. The summed E-state index contributed by atoms with van der Waals surface area (Å²) >= 11 is 0. The number of nitrogens with one attached hydrogen (secondary N) is 1. The molecule has 3 heterocycles. The number of anilines is 1. The highest BCUT2D eigenvalue weighted by Gasteiger charge is 2.12. The molecule has 3 aromatic heterocycles. The summed E-state index contributed by atoms with van der Waals surface area (Å²) in [7, 11) is 1.70. The Hall–Kier alpha value is -2.41. The van der Waals surface area contributed by atoms with Crippen LogP contribution in [-0.4, -0.2) is 33.4 Å². The number of aromatic nitrogens is 4. The normalized spacial score (nSPS) is 11.5. The molecule has 3 rings (SSSR count). The number of ether oxygens (including phenoxy) is 1. The SMILES string of the molecule is COCCn1ccc2nc(C)nc(NCc3cc(C(C)C)on3)c21. The third-order valence-corrected chi connectivity index (χ3v) is 3.84. The van der Waals surface area contributed by atoms with E-state index < -0.39 is 0 Å². The Bertz CT molecular complexity index is 822. The van der Waals surface area contributed by atoms with Crippen LogP contribution in [-0.2, 0) is 17.8 Å². The van der Waals surface area contributed by atoms with Gasteiger partial charge in [-0.05, 0) is 13.0 Å². The molecule has 1 N–H and O–H groups in total. The third-order valence-electron chi connectivity index (χ3n) is 3.84. The summed E-state index contributed by atoms with van der Waals surface area (Å²) in [6, 6.07) is 3.98. The molecule has 0 spiro atoms. The lowest BCUT2D eigenvalue weighted by Crippen LogP contribution is -2.08. The molecule has 0 radical (unpaired) electrons. The summed E-state index contributed by atoms with van der Waals surface area (Å²) < 4.78 is 12.6. The standard InChI is InChI=1S/C17H23N5O2/c1-11(2)15-9-13(21-24-15)10-18-17-16-14(19-12(3)20-17)5-6-22(16)7-8-23-4/h5-6,9,11H,7-8,10H2,1-4H3,(H,18,19,20). The van der Waals surface area contributed by atoms with Gasteiger partial charge in [0.25, 0.3) is 0 Å². The average molecular weight is 329 g/mol. The van der Waals surface area contributed by atoms with E-state index in [0.29, 0.717) is 19.1 Å². The van der Waals surface area contributed by atoms with E-state index in [-0.39, 0.29) is 0 Å². The van der Waals surface area contributed by atoms with E-state index in [4.69, 9.17) is 9.26 Å². The Morgan fingerprint density at radius 1 is 1.33 bits per heavy atom. The second kappa shape index (κ2) is 7.00. The highest BCUT2D eigenvalue weighted by Crippen LogP contribution is 2.23. The molecule has 128 valence electrons. The molecule has 0 atom stereocenters. The number of hydrogen-bond donors (Lipinski definition) is 1. The molecule has 24 heavy (non-hydrogen) atoms. The third kappa shape index (κ3) is 3.41. The number of methoxy groups -OCH3 is 1. The molecule has 0 fully saturated rings. The first-order valence-electron chi connectivity index (χ1n) is 8.10. The Kier molecular flexibility index (Phi) is 4.80. The van der Waals surface area contributed by atoms with Crippen molar-refractivity contribution in [2.24, 2.45) is 0 Å². The van der Waals surface area contributed by atoms with Crippen LogP contribution in [0.2, 0.25) is 0 Å². The van der Waals surface area contributed by atoms with E-state index in [1.54, 1.807) is 7.11 Å². The van der Waals surface area contributed by atoms with Crippen LogP contribution in [0.4, 0.5) is 5.82 Å². The highest BCUT2D eigenvalue weighted by atomic mass is 16.5. The first kappa shape index (κ1) is 16.4. The van der Waals surface area contributed by atoms with Crippen molar-refractivity contribution in [3.05, 3.63) is 35.6 Å². The maximum absolute atomic E-state index is 5.34. The summed E-state index contributed by atoms with van der Waals surface area (Å²) in [6.07, 6.45) is 2.01. The van der Waals surface area contributed by atoms with Gasteiger partial charge < -0.3 is 19.1 Å². The molecule has 3 aromatic rings. The Labute approximate surface area is 141 Å². The van der Waals surface area contributed by atoms with Crippen LogP contribution < -0.4 is 5.32 Å². The molecule has 7 heteroatoms. The zero-order valence-electron chi connectivity index (χ0n) is 14.5. The van der Waals surface area contributed by atoms with E-state index in [1.807, 2.05) is 25.3 Å². The smallest absolute Gasteiger partial charge is 0.154 e. The number of hydrogen-bond acceptors (Lipinski definition) is 6. The van der Waals surface area contributed by atoms with E-state index in [2.05, 4.69) is 38.9 Å². The van der Waals surface area contributed by atoms with Gasteiger partial charge in [0.1, 0.15) is 22.8 Å². The zero-order valence-corrected chi connectivity index (χ0v) is 14.5. The molecular weight excluding hydrogens is 306 g/mol. The van der Waals surface area contributed by atoms with Crippen LogP contribution in [0.1, 0.15) is 37.0 Å². The molecule has 0 aliphatic heterocycles. The fourth-order valence-electron chi connectivity index (χ4n) is 2.58. The number of fused-ring (bicyclic) bond motifs is 1. The highest BCUT2D eigenvalue weighted by molar-refractivity contribution is 5.86. The maximum atomic E-state index is 5.34. The fraction of sp³-hybridized carbons (Fsp3) is 0.471. The van der Waals surface area contributed by atoms with E-state index in [0.717, 1.165) is 40.7 Å². The van der Waals surface area contributed by atoms with Gasteiger partial charge in [-0.2, -0.15) is 0 Å². The number of nitrogens with zero attached hydrogens (tertiary/aromatic N) is 4. The lowest BCUT2D eigenvalue weighted by Gasteiger charge is -2.10. The van der Waals surface area contributed by atoms with Gasteiger partial charge in [-0.15, -0.1) is 0 Å². The molecule has 7 nitrogen and oxygen atoms in total. The molecule has 0 saturated heterocycles. The fourth-order valence-corrected chi connectivity index (χ4v) is 2.58. The van der Waals surface area contributed by atoms with Crippen molar-refractivity contribution in [2.45, 2.75) is 39.8 Å². The molecule has 0 aliphatic rings. The van der Waals surface area contributed by atoms with E-state index >= 15 is 0 Å².